The average molecular weight is 409 g/mol. The predicted molar refractivity (Wildman–Crippen MR) is 117 cm³/mol. The van der Waals surface area contributed by atoms with Crippen molar-refractivity contribution in [1.29, 1.82) is 0 Å². The minimum Gasteiger partial charge on any atom is -0.369 e. The fourth-order valence-corrected chi connectivity index (χ4v) is 3.72. The second-order valence-electron chi connectivity index (χ2n) is 7.70. The van der Waals surface area contributed by atoms with Crippen molar-refractivity contribution >= 4 is 22.7 Å². The molecule has 0 bridgehead atoms. The molecule has 0 amide bonds. The molecule has 1 aliphatic rings. The van der Waals surface area contributed by atoms with Crippen molar-refractivity contribution in [3.8, 4) is 0 Å². The van der Waals surface area contributed by atoms with Gasteiger partial charge in [-0.2, -0.15) is 4.98 Å². The molecule has 4 rings (SSSR count). The summed E-state index contributed by atoms with van der Waals surface area (Å²) < 4.78 is 1.61. The lowest BCUT2D eigenvalue weighted by atomic mass is 10.2. The Morgan fingerprint density at radius 3 is 2.53 bits per heavy atom. The summed E-state index contributed by atoms with van der Waals surface area (Å²) in [5.74, 6) is 0.635. The van der Waals surface area contributed by atoms with Gasteiger partial charge in [0.1, 0.15) is 11.2 Å². The number of nitrogen functional groups attached to an aromatic ring is 1. The molecule has 0 aromatic carbocycles. The molecule has 0 saturated carbocycles. The highest BCUT2D eigenvalue weighted by Crippen LogP contribution is 2.18. The number of aromatic nitrogens is 5. The Labute approximate surface area is 175 Å². The molecular formula is C21H28N8O. The number of anilines is 2. The molecule has 9 nitrogen and oxygen atoms in total. The molecule has 3 N–H and O–H groups in total. The first-order valence-corrected chi connectivity index (χ1v) is 10.6. The third-order valence-electron chi connectivity index (χ3n) is 5.34. The minimum atomic E-state index is -0.172. The third kappa shape index (κ3) is 4.56. The third-order valence-corrected chi connectivity index (χ3v) is 5.34. The molecule has 9 heteroatoms. The lowest BCUT2D eigenvalue weighted by Gasteiger charge is -2.14. The van der Waals surface area contributed by atoms with Gasteiger partial charge in [-0.15, -0.1) is 0 Å². The number of hydrogen-bond acceptors (Lipinski definition) is 8. The molecule has 0 unspecified atom stereocenters. The molecule has 3 aromatic heterocycles. The van der Waals surface area contributed by atoms with E-state index in [9.17, 15) is 4.79 Å². The van der Waals surface area contributed by atoms with Gasteiger partial charge in [0.25, 0.3) is 5.56 Å². The maximum Gasteiger partial charge on any atom is 0.264 e. The highest BCUT2D eigenvalue weighted by atomic mass is 16.1. The smallest absolute Gasteiger partial charge is 0.264 e. The Balaban J connectivity index is 1.56. The van der Waals surface area contributed by atoms with Crippen molar-refractivity contribution in [3.05, 3.63) is 46.4 Å². The van der Waals surface area contributed by atoms with Crippen LogP contribution in [0.1, 0.15) is 44.0 Å². The van der Waals surface area contributed by atoms with E-state index in [1.54, 1.807) is 29.2 Å². The Morgan fingerprint density at radius 1 is 1.10 bits per heavy atom. The number of hydrogen-bond donors (Lipinski definition) is 2. The molecule has 30 heavy (non-hydrogen) atoms. The molecule has 0 spiro atoms. The predicted octanol–water partition coefficient (Wildman–Crippen LogP) is 2.02. The second kappa shape index (κ2) is 9.17. The van der Waals surface area contributed by atoms with E-state index in [1.807, 2.05) is 0 Å². The Kier molecular flexibility index (Phi) is 6.18. The number of rotatable bonds is 8. The zero-order valence-electron chi connectivity index (χ0n) is 17.3. The zero-order valence-corrected chi connectivity index (χ0v) is 17.3. The van der Waals surface area contributed by atoms with Gasteiger partial charge in [0.15, 0.2) is 0 Å². The number of unbranched alkanes of at least 4 members (excludes halogenated alkanes) is 1. The van der Waals surface area contributed by atoms with Crippen molar-refractivity contribution in [1.82, 2.24) is 29.4 Å². The van der Waals surface area contributed by atoms with Crippen molar-refractivity contribution in [3.63, 3.8) is 0 Å². The molecule has 0 radical (unpaired) electrons. The first-order chi connectivity index (χ1) is 14.6. The van der Waals surface area contributed by atoms with E-state index in [-0.39, 0.29) is 11.5 Å². The standard InChI is InChI=1S/C21H28N8O/c1-2-3-7-23-19-18-17(26-21(22)27-19)6-10-29(20(18)30)14-16-12-24-15(11-25-16)13-28-8-4-5-9-28/h6,10-12H,2-5,7-9,13-14H2,1H3,(H3,22,23,26,27). The van der Waals surface area contributed by atoms with E-state index in [2.05, 4.69) is 37.1 Å². The van der Waals surface area contributed by atoms with Crippen LogP contribution in [0.15, 0.2) is 29.5 Å². The van der Waals surface area contributed by atoms with Crippen LogP contribution in [0.25, 0.3) is 10.9 Å². The van der Waals surface area contributed by atoms with Gasteiger partial charge in [-0.25, -0.2) is 4.98 Å². The molecule has 0 aliphatic carbocycles. The topological polar surface area (TPSA) is 115 Å². The summed E-state index contributed by atoms with van der Waals surface area (Å²) in [4.78, 5) is 33.0. The van der Waals surface area contributed by atoms with Crippen LogP contribution in [0.3, 0.4) is 0 Å². The Bertz CT molecular complexity index is 1060. The van der Waals surface area contributed by atoms with Gasteiger partial charge < -0.3 is 15.6 Å². The van der Waals surface area contributed by atoms with Crippen molar-refractivity contribution in [2.24, 2.45) is 0 Å². The Hall–Kier alpha value is -3.07. The van der Waals surface area contributed by atoms with Gasteiger partial charge >= 0.3 is 0 Å². The number of likely N-dealkylation sites (tertiary alicyclic amines) is 1. The SMILES string of the molecule is CCCCNc1nc(N)nc2ccn(Cc3cnc(CN4CCCC4)cn3)c(=O)c12. The maximum atomic E-state index is 13.1. The van der Waals surface area contributed by atoms with E-state index in [4.69, 9.17) is 5.73 Å². The van der Waals surface area contributed by atoms with Crippen LogP contribution in [0.4, 0.5) is 11.8 Å². The first kappa shape index (κ1) is 20.2. The summed E-state index contributed by atoms with van der Waals surface area (Å²) in [6, 6.07) is 1.79. The highest BCUT2D eigenvalue weighted by Gasteiger charge is 2.14. The quantitative estimate of drug-likeness (QED) is 0.544. The van der Waals surface area contributed by atoms with Crippen LogP contribution < -0.4 is 16.6 Å². The fourth-order valence-electron chi connectivity index (χ4n) is 3.72. The summed E-state index contributed by atoms with van der Waals surface area (Å²) in [5.41, 5.74) is 7.88. The summed E-state index contributed by atoms with van der Waals surface area (Å²) >= 11 is 0. The van der Waals surface area contributed by atoms with Crippen molar-refractivity contribution in [2.75, 3.05) is 30.7 Å². The Morgan fingerprint density at radius 2 is 1.83 bits per heavy atom. The largest absolute Gasteiger partial charge is 0.369 e. The zero-order chi connectivity index (χ0) is 20.9. The van der Waals surface area contributed by atoms with Gasteiger partial charge in [0.05, 0.1) is 35.8 Å². The number of nitrogens with zero attached hydrogens (tertiary/aromatic N) is 6. The van der Waals surface area contributed by atoms with Crippen LogP contribution in [0.2, 0.25) is 0 Å². The monoisotopic (exact) mass is 408 g/mol. The van der Waals surface area contributed by atoms with E-state index in [0.717, 1.165) is 50.4 Å². The average Bonchev–Trinajstić information content (AvgIpc) is 3.24. The van der Waals surface area contributed by atoms with Gasteiger partial charge in [-0.1, -0.05) is 13.3 Å². The lowest BCUT2D eigenvalue weighted by Crippen LogP contribution is -2.23. The number of pyridine rings is 1. The van der Waals surface area contributed by atoms with Crippen LogP contribution in [0.5, 0.6) is 0 Å². The number of fused-ring (bicyclic) bond motifs is 1. The van der Waals surface area contributed by atoms with E-state index >= 15 is 0 Å². The summed E-state index contributed by atoms with van der Waals surface area (Å²) in [5, 5.41) is 3.67. The number of nitrogens with one attached hydrogen (secondary N) is 1. The molecule has 3 aromatic rings. The van der Waals surface area contributed by atoms with Crippen molar-refractivity contribution in [2.45, 2.75) is 45.7 Å². The molecule has 4 heterocycles. The molecule has 1 saturated heterocycles. The van der Waals surface area contributed by atoms with Gasteiger partial charge in [0, 0.05) is 19.3 Å². The van der Waals surface area contributed by atoms with E-state index < -0.39 is 0 Å². The fraction of sp³-hybridized carbons (Fsp3) is 0.476. The molecule has 1 aliphatic heterocycles. The van der Waals surface area contributed by atoms with Crippen LogP contribution in [-0.4, -0.2) is 49.0 Å². The van der Waals surface area contributed by atoms with E-state index in [0.29, 0.717) is 23.3 Å². The molecule has 158 valence electrons. The van der Waals surface area contributed by atoms with Crippen LogP contribution in [-0.2, 0) is 13.1 Å². The van der Waals surface area contributed by atoms with Crippen molar-refractivity contribution < 1.29 is 0 Å². The van der Waals surface area contributed by atoms with Gasteiger partial charge in [0.2, 0.25) is 5.95 Å². The minimum absolute atomic E-state index is 0.151. The van der Waals surface area contributed by atoms with Crippen LogP contribution >= 0.6 is 0 Å². The summed E-state index contributed by atoms with van der Waals surface area (Å²) in [6.07, 6.45) is 9.80. The lowest BCUT2D eigenvalue weighted by molar-refractivity contribution is 0.326. The normalized spacial score (nSPS) is 14.4. The van der Waals surface area contributed by atoms with Crippen LogP contribution in [0, 0.1) is 0 Å². The first-order valence-electron chi connectivity index (χ1n) is 10.6. The summed E-state index contributed by atoms with van der Waals surface area (Å²) in [7, 11) is 0. The highest BCUT2D eigenvalue weighted by molar-refractivity contribution is 5.89. The van der Waals surface area contributed by atoms with E-state index in [1.165, 1.54) is 12.8 Å². The number of nitrogens with two attached hydrogens (primary N) is 1. The summed E-state index contributed by atoms with van der Waals surface area (Å²) in [6.45, 7) is 6.24. The molecule has 1 fully saturated rings. The van der Waals surface area contributed by atoms with Gasteiger partial charge in [-0.05, 0) is 38.4 Å². The molecule has 0 atom stereocenters. The van der Waals surface area contributed by atoms with Gasteiger partial charge in [-0.3, -0.25) is 19.7 Å². The second-order valence-corrected chi connectivity index (χ2v) is 7.70. The molecular weight excluding hydrogens is 380 g/mol. The maximum absolute atomic E-state index is 13.1.